The standard InChI is InChI=1S/C20H15F3N2O3S/c1-2-6-25-14-10-15-16(28-8-7-27-15)11-17(14)29-19(25)24-18(26)12-4-3-5-13(9-12)20(21,22)23/h2-5,9-11H,1,6-8H2. The third kappa shape index (κ3) is 3.77. The van der Waals surface area contributed by atoms with Crippen LogP contribution in [0.2, 0.25) is 0 Å². The lowest BCUT2D eigenvalue weighted by molar-refractivity contribution is -0.137. The topological polar surface area (TPSA) is 52.8 Å². The van der Waals surface area contributed by atoms with E-state index in [1.807, 2.05) is 6.07 Å². The molecule has 1 aliphatic rings. The first-order valence-electron chi connectivity index (χ1n) is 8.67. The van der Waals surface area contributed by atoms with Gasteiger partial charge in [-0.05, 0) is 18.2 Å². The van der Waals surface area contributed by atoms with Gasteiger partial charge in [-0.3, -0.25) is 4.79 Å². The highest BCUT2D eigenvalue weighted by molar-refractivity contribution is 7.16. The summed E-state index contributed by atoms with van der Waals surface area (Å²) in [5.41, 5.74) is -0.251. The summed E-state index contributed by atoms with van der Waals surface area (Å²) in [7, 11) is 0. The van der Waals surface area contributed by atoms with Crippen LogP contribution in [0.5, 0.6) is 11.5 Å². The summed E-state index contributed by atoms with van der Waals surface area (Å²) in [6, 6.07) is 7.83. The van der Waals surface area contributed by atoms with Crippen LogP contribution in [0, 0.1) is 0 Å². The van der Waals surface area contributed by atoms with Crippen LogP contribution in [0.1, 0.15) is 15.9 Å². The molecular weight excluding hydrogens is 405 g/mol. The normalized spacial score (nSPS) is 14.2. The van der Waals surface area contributed by atoms with E-state index >= 15 is 0 Å². The fourth-order valence-corrected chi connectivity index (χ4v) is 4.03. The van der Waals surface area contributed by atoms with Gasteiger partial charge in [0.05, 0.1) is 15.8 Å². The van der Waals surface area contributed by atoms with Gasteiger partial charge in [0.1, 0.15) is 13.2 Å². The average molecular weight is 420 g/mol. The second kappa shape index (κ2) is 7.40. The molecule has 1 aliphatic heterocycles. The number of nitrogens with zero attached hydrogens (tertiary/aromatic N) is 2. The largest absolute Gasteiger partial charge is 0.486 e. The molecule has 9 heteroatoms. The lowest BCUT2D eigenvalue weighted by Crippen LogP contribution is -2.17. The molecule has 0 atom stereocenters. The molecule has 0 saturated carbocycles. The molecule has 1 amide bonds. The molecule has 0 bridgehead atoms. The van der Waals surface area contributed by atoms with E-state index in [1.165, 1.54) is 23.5 Å². The van der Waals surface area contributed by atoms with E-state index in [0.717, 1.165) is 22.3 Å². The SMILES string of the molecule is C=CCn1c(=NC(=O)c2cccc(C(F)(F)F)c2)sc2cc3c(cc21)OCCO3. The Bertz CT molecular complexity index is 1180. The molecule has 0 fully saturated rings. The van der Waals surface area contributed by atoms with Gasteiger partial charge in [-0.15, -0.1) is 6.58 Å². The van der Waals surface area contributed by atoms with Crippen molar-refractivity contribution < 1.29 is 27.4 Å². The van der Waals surface area contributed by atoms with Gasteiger partial charge < -0.3 is 14.0 Å². The summed E-state index contributed by atoms with van der Waals surface area (Å²) in [6.45, 7) is 4.98. The summed E-state index contributed by atoms with van der Waals surface area (Å²) < 4.78 is 52.6. The molecule has 2 heterocycles. The number of carbonyl (C=O) groups is 1. The van der Waals surface area contributed by atoms with Gasteiger partial charge in [0, 0.05) is 24.2 Å². The number of halogens is 3. The lowest BCUT2D eigenvalue weighted by atomic mass is 10.1. The molecule has 0 saturated heterocycles. The van der Waals surface area contributed by atoms with E-state index in [2.05, 4.69) is 11.6 Å². The molecule has 0 aliphatic carbocycles. The molecule has 150 valence electrons. The predicted octanol–water partition coefficient (Wildman–Crippen LogP) is 4.42. The van der Waals surface area contributed by atoms with Crippen molar-refractivity contribution in [3.8, 4) is 11.5 Å². The Kier molecular flexibility index (Phi) is 4.91. The number of amides is 1. The van der Waals surface area contributed by atoms with Crippen molar-refractivity contribution in [2.45, 2.75) is 12.7 Å². The average Bonchev–Trinajstić information content (AvgIpc) is 3.02. The van der Waals surface area contributed by atoms with E-state index in [0.29, 0.717) is 36.1 Å². The van der Waals surface area contributed by atoms with Crippen molar-refractivity contribution in [2.24, 2.45) is 4.99 Å². The van der Waals surface area contributed by atoms with Crippen LogP contribution in [0.4, 0.5) is 13.2 Å². The molecule has 4 rings (SSSR count). The highest BCUT2D eigenvalue weighted by Gasteiger charge is 2.30. The first-order chi connectivity index (χ1) is 13.9. The summed E-state index contributed by atoms with van der Waals surface area (Å²) in [5, 5.41) is 0. The Morgan fingerprint density at radius 1 is 1.21 bits per heavy atom. The Hall–Kier alpha value is -3.07. The van der Waals surface area contributed by atoms with E-state index in [-0.39, 0.29) is 5.56 Å². The van der Waals surface area contributed by atoms with Crippen LogP contribution in [-0.4, -0.2) is 23.7 Å². The zero-order valence-corrected chi connectivity index (χ0v) is 15.8. The van der Waals surface area contributed by atoms with Gasteiger partial charge in [-0.25, -0.2) is 0 Å². The molecule has 0 radical (unpaired) electrons. The second-order valence-corrected chi connectivity index (χ2v) is 7.25. The number of hydrogen-bond donors (Lipinski definition) is 0. The van der Waals surface area contributed by atoms with Crippen LogP contribution < -0.4 is 14.3 Å². The third-order valence-electron chi connectivity index (χ3n) is 4.29. The molecule has 5 nitrogen and oxygen atoms in total. The number of carbonyl (C=O) groups excluding carboxylic acids is 1. The van der Waals surface area contributed by atoms with Crippen LogP contribution in [0.25, 0.3) is 10.2 Å². The number of alkyl halides is 3. The molecule has 29 heavy (non-hydrogen) atoms. The summed E-state index contributed by atoms with van der Waals surface area (Å²) in [6.07, 6.45) is -2.88. The number of hydrogen-bond acceptors (Lipinski definition) is 4. The Labute approximate surface area is 167 Å². The highest BCUT2D eigenvalue weighted by atomic mass is 32.1. The quantitative estimate of drug-likeness (QED) is 0.590. The Balaban J connectivity index is 1.82. The van der Waals surface area contributed by atoms with E-state index < -0.39 is 17.6 Å². The van der Waals surface area contributed by atoms with Crippen LogP contribution in [0.15, 0.2) is 54.0 Å². The van der Waals surface area contributed by atoms with Crippen molar-refractivity contribution >= 4 is 27.5 Å². The van der Waals surface area contributed by atoms with Crippen molar-refractivity contribution in [3.63, 3.8) is 0 Å². The zero-order valence-electron chi connectivity index (χ0n) is 15.0. The second-order valence-electron chi connectivity index (χ2n) is 6.24. The van der Waals surface area contributed by atoms with Gasteiger partial charge in [0.25, 0.3) is 5.91 Å². The first kappa shape index (κ1) is 19.3. The molecule has 0 unspecified atom stereocenters. The summed E-state index contributed by atoms with van der Waals surface area (Å²) in [5.74, 6) is 0.444. The summed E-state index contributed by atoms with van der Waals surface area (Å²) in [4.78, 5) is 17.0. The van der Waals surface area contributed by atoms with Crippen molar-refractivity contribution in [1.82, 2.24) is 4.57 Å². The third-order valence-corrected chi connectivity index (χ3v) is 5.33. The van der Waals surface area contributed by atoms with Crippen molar-refractivity contribution in [3.05, 3.63) is 65.0 Å². The first-order valence-corrected chi connectivity index (χ1v) is 9.48. The minimum Gasteiger partial charge on any atom is -0.486 e. The maximum Gasteiger partial charge on any atom is 0.416 e. The van der Waals surface area contributed by atoms with Crippen LogP contribution in [-0.2, 0) is 12.7 Å². The van der Waals surface area contributed by atoms with Gasteiger partial charge in [-0.1, -0.05) is 23.5 Å². The number of allylic oxidation sites excluding steroid dienone is 1. The van der Waals surface area contributed by atoms with Crippen molar-refractivity contribution in [2.75, 3.05) is 13.2 Å². The van der Waals surface area contributed by atoms with Gasteiger partial charge in [0.15, 0.2) is 16.3 Å². The monoisotopic (exact) mass is 420 g/mol. The van der Waals surface area contributed by atoms with E-state index in [1.54, 1.807) is 16.7 Å². The van der Waals surface area contributed by atoms with Gasteiger partial charge in [-0.2, -0.15) is 18.2 Å². The fraction of sp³-hybridized carbons (Fsp3) is 0.200. The van der Waals surface area contributed by atoms with Crippen molar-refractivity contribution in [1.29, 1.82) is 0 Å². The molecule has 1 aromatic heterocycles. The number of benzene rings is 2. The van der Waals surface area contributed by atoms with E-state index in [9.17, 15) is 18.0 Å². The van der Waals surface area contributed by atoms with Gasteiger partial charge >= 0.3 is 6.18 Å². The minimum absolute atomic E-state index is 0.131. The minimum atomic E-state index is -4.53. The fourth-order valence-electron chi connectivity index (χ4n) is 2.98. The number of rotatable bonds is 3. The molecule has 3 aromatic rings. The Morgan fingerprint density at radius 3 is 2.62 bits per heavy atom. The number of ether oxygens (including phenoxy) is 2. The number of thiazole rings is 1. The summed E-state index contributed by atoms with van der Waals surface area (Å²) >= 11 is 1.24. The maximum atomic E-state index is 12.9. The molecule has 2 aromatic carbocycles. The zero-order chi connectivity index (χ0) is 20.6. The smallest absolute Gasteiger partial charge is 0.416 e. The lowest BCUT2D eigenvalue weighted by Gasteiger charge is -2.18. The predicted molar refractivity (Wildman–Crippen MR) is 102 cm³/mol. The maximum absolute atomic E-state index is 12.9. The van der Waals surface area contributed by atoms with E-state index in [4.69, 9.17) is 9.47 Å². The molecule has 0 N–H and O–H groups in total. The number of aromatic nitrogens is 1. The van der Waals surface area contributed by atoms with Gasteiger partial charge in [0.2, 0.25) is 0 Å². The van der Waals surface area contributed by atoms with Crippen LogP contribution in [0.3, 0.4) is 0 Å². The van der Waals surface area contributed by atoms with Crippen LogP contribution >= 0.6 is 11.3 Å². The highest BCUT2D eigenvalue weighted by Crippen LogP contribution is 2.35. The number of fused-ring (bicyclic) bond motifs is 2. The molecular formula is C20H15F3N2O3S. The molecule has 0 spiro atoms. The Morgan fingerprint density at radius 2 is 1.93 bits per heavy atom.